The van der Waals surface area contributed by atoms with Crippen LogP contribution in [0.1, 0.15) is 23.2 Å². The SMILES string of the molecule is CN(CC(=O)O)C(=O)c1cc(S(=O)(=O)N(C)C)ccc1N1CCCC1. The van der Waals surface area contributed by atoms with Crippen LogP contribution in [-0.4, -0.2) is 75.4 Å². The second kappa shape index (κ2) is 7.40. The van der Waals surface area contributed by atoms with Crippen LogP contribution < -0.4 is 4.90 Å². The number of carbonyl (C=O) groups excluding carboxylic acids is 1. The van der Waals surface area contributed by atoms with Crippen LogP contribution in [0.5, 0.6) is 0 Å². The summed E-state index contributed by atoms with van der Waals surface area (Å²) in [5, 5.41) is 8.91. The summed E-state index contributed by atoms with van der Waals surface area (Å²) in [6, 6.07) is 4.45. The molecular weight excluding hydrogens is 346 g/mol. The van der Waals surface area contributed by atoms with Crippen molar-refractivity contribution in [2.75, 3.05) is 45.7 Å². The van der Waals surface area contributed by atoms with Gasteiger partial charge in [0.25, 0.3) is 5.91 Å². The summed E-state index contributed by atoms with van der Waals surface area (Å²) in [5.74, 6) is -1.64. The van der Waals surface area contributed by atoms with Crippen LogP contribution in [0.25, 0.3) is 0 Å². The third-order valence-electron chi connectivity index (χ3n) is 4.14. The number of likely N-dealkylation sites (N-methyl/N-ethyl adjacent to an activating group) is 1. The molecule has 1 fully saturated rings. The molecule has 9 heteroatoms. The Balaban J connectivity index is 2.51. The molecule has 0 unspecified atom stereocenters. The number of hydrogen-bond donors (Lipinski definition) is 1. The van der Waals surface area contributed by atoms with E-state index in [2.05, 4.69) is 0 Å². The molecule has 1 aliphatic heterocycles. The van der Waals surface area contributed by atoms with Gasteiger partial charge in [0.05, 0.1) is 10.5 Å². The smallest absolute Gasteiger partial charge is 0.323 e. The number of anilines is 1. The molecule has 8 nitrogen and oxygen atoms in total. The standard InChI is InChI=1S/C16H23N3O5S/c1-17(2)25(23,24)12-6-7-14(19-8-4-5-9-19)13(10-12)16(22)18(3)11-15(20)21/h6-7,10H,4-5,8-9,11H2,1-3H3,(H,20,21). The molecule has 1 aliphatic rings. The van der Waals surface area contributed by atoms with Crippen molar-refractivity contribution in [3.05, 3.63) is 23.8 Å². The number of carbonyl (C=O) groups is 2. The highest BCUT2D eigenvalue weighted by Gasteiger charge is 2.26. The van der Waals surface area contributed by atoms with Gasteiger partial charge in [-0.1, -0.05) is 0 Å². The fraction of sp³-hybridized carbons (Fsp3) is 0.500. The minimum absolute atomic E-state index is 0.00696. The third kappa shape index (κ3) is 4.10. The number of hydrogen-bond acceptors (Lipinski definition) is 5. The van der Waals surface area contributed by atoms with Gasteiger partial charge >= 0.3 is 5.97 Å². The Kier molecular flexibility index (Phi) is 5.69. The van der Waals surface area contributed by atoms with Crippen LogP contribution in [0, 0.1) is 0 Å². The van der Waals surface area contributed by atoms with E-state index in [9.17, 15) is 18.0 Å². The molecule has 0 radical (unpaired) electrons. The maximum atomic E-state index is 12.7. The lowest BCUT2D eigenvalue weighted by Gasteiger charge is -2.24. The highest BCUT2D eigenvalue weighted by Crippen LogP contribution is 2.29. The van der Waals surface area contributed by atoms with Crippen molar-refractivity contribution < 1.29 is 23.1 Å². The van der Waals surface area contributed by atoms with Gasteiger partial charge < -0.3 is 14.9 Å². The van der Waals surface area contributed by atoms with Crippen molar-refractivity contribution in [3.8, 4) is 0 Å². The Morgan fingerprint density at radius 3 is 2.28 bits per heavy atom. The van der Waals surface area contributed by atoms with E-state index in [0.717, 1.165) is 35.1 Å². The first-order valence-corrected chi connectivity index (χ1v) is 9.37. The van der Waals surface area contributed by atoms with Gasteiger partial charge in [-0.3, -0.25) is 9.59 Å². The van der Waals surface area contributed by atoms with Crippen molar-refractivity contribution in [2.45, 2.75) is 17.7 Å². The molecular formula is C16H23N3O5S. The van der Waals surface area contributed by atoms with Gasteiger partial charge in [-0.25, -0.2) is 12.7 Å². The van der Waals surface area contributed by atoms with Gasteiger partial charge in [-0.05, 0) is 31.0 Å². The predicted molar refractivity (Wildman–Crippen MR) is 93.4 cm³/mol. The number of nitrogens with zero attached hydrogens (tertiary/aromatic N) is 3. The fourth-order valence-corrected chi connectivity index (χ4v) is 3.70. The number of aliphatic carboxylic acids is 1. The second-order valence-electron chi connectivity index (χ2n) is 6.22. The fourth-order valence-electron chi connectivity index (χ4n) is 2.77. The number of benzene rings is 1. The maximum Gasteiger partial charge on any atom is 0.323 e. The van der Waals surface area contributed by atoms with Gasteiger partial charge in [0, 0.05) is 39.9 Å². The zero-order chi connectivity index (χ0) is 18.8. The third-order valence-corrected chi connectivity index (χ3v) is 5.95. The molecule has 1 saturated heterocycles. The largest absolute Gasteiger partial charge is 0.480 e. The summed E-state index contributed by atoms with van der Waals surface area (Å²) in [7, 11) is 0.529. The van der Waals surface area contributed by atoms with Crippen LogP contribution in [0.4, 0.5) is 5.69 Å². The molecule has 138 valence electrons. The van der Waals surface area contributed by atoms with E-state index in [1.54, 1.807) is 6.07 Å². The Hall–Kier alpha value is -2.13. The summed E-state index contributed by atoms with van der Waals surface area (Å²) < 4.78 is 25.8. The molecule has 1 aromatic rings. The van der Waals surface area contributed by atoms with E-state index in [1.807, 2.05) is 4.90 Å². The average Bonchev–Trinajstić information content (AvgIpc) is 3.07. The zero-order valence-electron chi connectivity index (χ0n) is 14.6. The molecule has 0 atom stereocenters. The van der Waals surface area contributed by atoms with Crippen LogP contribution in [0.15, 0.2) is 23.1 Å². The van der Waals surface area contributed by atoms with Crippen molar-refractivity contribution in [1.29, 1.82) is 0 Å². The summed E-state index contributed by atoms with van der Waals surface area (Å²) in [5.41, 5.74) is 0.839. The summed E-state index contributed by atoms with van der Waals surface area (Å²) >= 11 is 0. The van der Waals surface area contributed by atoms with E-state index in [-0.39, 0.29) is 10.5 Å². The highest BCUT2D eigenvalue weighted by atomic mass is 32.2. The topological polar surface area (TPSA) is 98.2 Å². The lowest BCUT2D eigenvalue weighted by molar-refractivity contribution is -0.137. The Morgan fingerprint density at radius 1 is 1.16 bits per heavy atom. The summed E-state index contributed by atoms with van der Waals surface area (Å²) in [6.07, 6.45) is 1.99. The summed E-state index contributed by atoms with van der Waals surface area (Å²) in [6.45, 7) is 1.11. The van der Waals surface area contributed by atoms with E-state index in [1.165, 1.54) is 33.3 Å². The molecule has 25 heavy (non-hydrogen) atoms. The molecule has 1 amide bonds. The number of carboxylic acid groups (broad SMARTS) is 1. The van der Waals surface area contributed by atoms with Crippen LogP contribution >= 0.6 is 0 Å². The van der Waals surface area contributed by atoms with Crippen molar-refractivity contribution in [1.82, 2.24) is 9.21 Å². The number of rotatable bonds is 6. The zero-order valence-corrected chi connectivity index (χ0v) is 15.4. The first kappa shape index (κ1) is 19.2. The van der Waals surface area contributed by atoms with E-state index in [0.29, 0.717) is 5.69 Å². The van der Waals surface area contributed by atoms with E-state index in [4.69, 9.17) is 5.11 Å². The van der Waals surface area contributed by atoms with Crippen LogP contribution in [0.3, 0.4) is 0 Å². The minimum Gasteiger partial charge on any atom is -0.480 e. The molecule has 0 aliphatic carbocycles. The van der Waals surface area contributed by atoms with Crippen LogP contribution in [-0.2, 0) is 14.8 Å². The monoisotopic (exact) mass is 369 g/mol. The van der Waals surface area contributed by atoms with E-state index >= 15 is 0 Å². The Bertz CT molecular complexity index is 770. The molecule has 0 aromatic heterocycles. The quantitative estimate of drug-likeness (QED) is 0.792. The van der Waals surface area contributed by atoms with Gasteiger partial charge in [0.15, 0.2) is 0 Å². The van der Waals surface area contributed by atoms with Gasteiger partial charge in [0.2, 0.25) is 10.0 Å². The molecule has 1 N–H and O–H groups in total. The van der Waals surface area contributed by atoms with Gasteiger partial charge in [-0.15, -0.1) is 0 Å². The first-order chi connectivity index (χ1) is 11.6. The number of sulfonamides is 1. The molecule has 0 spiro atoms. The Morgan fingerprint density at radius 2 is 1.76 bits per heavy atom. The van der Waals surface area contributed by atoms with Crippen molar-refractivity contribution in [2.24, 2.45) is 0 Å². The second-order valence-corrected chi connectivity index (χ2v) is 8.37. The Labute approximate surface area is 147 Å². The maximum absolute atomic E-state index is 12.7. The lowest BCUT2D eigenvalue weighted by Crippen LogP contribution is -2.34. The average molecular weight is 369 g/mol. The van der Waals surface area contributed by atoms with E-state index < -0.39 is 28.4 Å². The number of carboxylic acids is 1. The molecule has 1 aromatic carbocycles. The van der Waals surface area contributed by atoms with Crippen LogP contribution in [0.2, 0.25) is 0 Å². The molecule has 0 saturated carbocycles. The first-order valence-electron chi connectivity index (χ1n) is 7.93. The van der Waals surface area contributed by atoms with Crippen molar-refractivity contribution >= 4 is 27.6 Å². The normalized spacial score (nSPS) is 14.8. The number of amides is 1. The highest BCUT2D eigenvalue weighted by molar-refractivity contribution is 7.89. The predicted octanol–water partition coefficient (Wildman–Crippen LogP) is 0.694. The minimum atomic E-state index is -3.69. The van der Waals surface area contributed by atoms with Gasteiger partial charge in [0.1, 0.15) is 6.54 Å². The summed E-state index contributed by atoms with van der Waals surface area (Å²) in [4.78, 5) is 26.7. The van der Waals surface area contributed by atoms with Crippen molar-refractivity contribution in [3.63, 3.8) is 0 Å². The lowest BCUT2D eigenvalue weighted by atomic mass is 10.1. The van der Waals surface area contributed by atoms with Gasteiger partial charge in [-0.2, -0.15) is 0 Å². The molecule has 2 rings (SSSR count). The molecule has 0 bridgehead atoms. The molecule has 1 heterocycles.